The van der Waals surface area contributed by atoms with Crippen molar-refractivity contribution in [2.45, 2.75) is 37.9 Å². The Kier molecular flexibility index (Phi) is 3.81. The van der Waals surface area contributed by atoms with Crippen molar-refractivity contribution in [2.24, 2.45) is 0 Å². The predicted molar refractivity (Wildman–Crippen MR) is 86.5 cm³/mol. The van der Waals surface area contributed by atoms with E-state index in [0.29, 0.717) is 22.3 Å². The van der Waals surface area contributed by atoms with Gasteiger partial charge in [-0.25, -0.2) is 0 Å². The smallest absolute Gasteiger partial charge is 0.123 e. The summed E-state index contributed by atoms with van der Waals surface area (Å²) in [4.78, 5) is 0. The van der Waals surface area contributed by atoms with Gasteiger partial charge < -0.3 is 30.6 Å². The van der Waals surface area contributed by atoms with Crippen LogP contribution in [-0.4, -0.2) is 42.8 Å². The molecule has 0 unspecified atom stereocenters. The van der Waals surface area contributed by atoms with E-state index in [4.69, 9.17) is 0 Å². The minimum Gasteiger partial charge on any atom is -0.508 e. The van der Waals surface area contributed by atoms with Crippen LogP contribution in [0.25, 0.3) is 0 Å². The molecule has 0 aliphatic heterocycles. The van der Waals surface area contributed by atoms with Gasteiger partial charge in [-0.1, -0.05) is 0 Å². The van der Waals surface area contributed by atoms with Gasteiger partial charge in [0.15, 0.2) is 0 Å². The highest BCUT2D eigenvalue weighted by molar-refractivity contribution is 5.54. The van der Waals surface area contributed by atoms with Crippen molar-refractivity contribution in [3.63, 3.8) is 0 Å². The van der Waals surface area contributed by atoms with Gasteiger partial charge in [0.2, 0.25) is 0 Å². The fraction of sp³-hybridized carbons (Fsp3) is 0.333. The molecule has 0 radical (unpaired) electrons. The van der Waals surface area contributed by atoms with Crippen LogP contribution in [0.1, 0.15) is 34.1 Å². The minimum atomic E-state index is -1.02. The van der Waals surface area contributed by atoms with E-state index in [0.717, 1.165) is 0 Å². The van der Waals surface area contributed by atoms with Crippen LogP contribution in [0.15, 0.2) is 24.3 Å². The van der Waals surface area contributed by atoms with E-state index in [1.54, 1.807) is 13.8 Å². The molecule has 0 bridgehead atoms. The number of benzene rings is 2. The van der Waals surface area contributed by atoms with Crippen LogP contribution in [0.3, 0.4) is 0 Å². The Labute approximate surface area is 138 Å². The monoisotopic (exact) mass is 332 g/mol. The molecule has 2 aromatic rings. The molecule has 0 atom stereocenters. The summed E-state index contributed by atoms with van der Waals surface area (Å²) in [6, 6.07) is 5.23. The molecule has 0 heterocycles. The number of aryl methyl sites for hydroxylation is 2. The molecule has 1 aliphatic carbocycles. The topological polar surface area (TPSA) is 121 Å². The molecule has 6 heteroatoms. The van der Waals surface area contributed by atoms with Gasteiger partial charge in [-0.05, 0) is 37.1 Å². The minimum absolute atomic E-state index is 0.0966. The van der Waals surface area contributed by atoms with E-state index in [1.807, 2.05) is 0 Å². The normalized spacial score (nSPS) is 26.2. The molecule has 1 aliphatic rings. The van der Waals surface area contributed by atoms with Gasteiger partial charge in [0.1, 0.15) is 23.0 Å². The fourth-order valence-electron chi connectivity index (χ4n) is 3.78. The lowest BCUT2D eigenvalue weighted by Gasteiger charge is -2.48. The summed E-state index contributed by atoms with van der Waals surface area (Å²) in [5.74, 6) is -2.05. The molecule has 6 N–H and O–H groups in total. The number of aliphatic hydroxyl groups excluding tert-OH is 2. The largest absolute Gasteiger partial charge is 0.508 e. The number of phenolic OH excluding ortho intramolecular Hbond substituents is 4. The molecule has 0 saturated heterocycles. The average molecular weight is 332 g/mol. The van der Waals surface area contributed by atoms with Gasteiger partial charge in [0.05, 0.1) is 12.2 Å². The maximum absolute atomic E-state index is 10.6. The summed E-state index contributed by atoms with van der Waals surface area (Å²) >= 11 is 0. The number of rotatable bonds is 2. The highest BCUT2D eigenvalue weighted by Crippen LogP contribution is 2.53. The van der Waals surface area contributed by atoms with Crippen molar-refractivity contribution in [1.29, 1.82) is 0 Å². The van der Waals surface area contributed by atoms with Gasteiger partial charge in [-0.2, -0.15) is 0 Å². The fourth-order valence-corrected chi connectivity index (χ4v) is 3.78. The third-order valence-corrected chi connectivity index (χ3v) is 4.84. The first-order valence-electron chi connectivity index (χ1n) is 7.63. The van der Waals surface area contributed by atoms with E-state index < -0.39 is 24.0 Å². The van der Waals surface area contributed by atoms with Gasteiger partial charge in [-0.15, -0.1) is 0 Å². The Hall–Kier alpha value is -2.44. The molecule has 3 rings (SSSR count). The molecule has 1 fully saturated rings. The molecule has 24 heavy (non-hydrogen) atoms. The van der Waals surface area contributed by atoms with Gasteiger partial charge in [-0.3, -0.25) is 0 Å². The van der Waals surface area contributed by atoms with Crippen molar-refractivity contribution in [3.8, 4) is 23.0 Å². The highest BCUT2D eigenvalue weighted by Gasteiger charge is 2.53. The Morgan fingerprint density at radius 1 is 0.625 bits per heavy atom. The molecule has 1 saturated carbocycles. The van der Waals surface area contributed by atoms with E-state index in [1.165, 1.54) is 24.3 Å². The third kappa shape index (κ3) is 2.35. The second kappa shape index (κ2) is 5.58. The number of aromatic hydroxyl groups is 4. The summed E-state index contributed by atoms with van der Waals surface area (Å²) in [5, 5.41) is 60.3. The zero-order valence-electron chi connectivity index (χ0n) is 13.3. The first-order valence-corrected chi connectivity index (χ1v) is 7.63. The quantitative estimate of drug-likeness (QED) is 0.498. The lowest BCUT2D eigenvalue weighted by atomic mass is 9.61. The van der Waals surface area contributed by atoms with Crippen LogP contribution in [0.2, 0.25) is 0 Å². The van der Waals surface area contributed by atoms with Crippen LogP contribution < -0.4 is 0 Å². The molecular weight excluding hydrogens is 312 g/mol. The SMILES string of the molecule is Cc1cc(O)cc(O)c1C1C(O)C(c2c(C)cc(O)cc2O)C1O. The molecule has 2 aromatic carbocycles. The highest BCUT2D eigenvalue weighted by atomic mass is 16.3. The Morgan fingerprint density at radius 2 is 0.958 bits per heavy atom. The standard InChI is InChI=1S/C18H20O6/c1-7-3-9(19)5-11(21)13(7)15-17(23)16(18(15)24)14-8(2)4-10(20)6-12(14)22/h3-6,15-24H,1-2H3. The molecule has 0 amide bonds. The van der Waals surface area contributed by atoms with Crippen LogP contribution in [0.5, 0.6) is 23.0 Å². The van der Waals surface area contributed by atoms with Crippen molar-refractivity contribution in [1.82, 2.24) is 0 Å². The molecule has 0 aromatic heterocycles. The van der Waals surface area contributed by atoms with E-state index in [9.17, 15) is 30.6 Å². The molecule has 6 nitrogen and oxygen atoms in total. The van der Waals surface area contributed by atoms with Crippen molar-refractivity contribution < 1.29 is 30.6 Å². The van der Waals surface area contributed by atoms with Crippen molar-refractivity contribution in [3.05, 3.63) is 46.5 Å². The first-order chi connectivity index (χ1) is 11.2. The third-order valence-electron chi connectivity index (χ3n) is 4.84. The second-order valence-electron chi connectivity index (χ2n) is 6.42. The van der Waals surface area contributed by atoms with Crippen LogP contribution >= 0.6 is 0 Å². The zero-order chi connectivity index (χ0) is 17.8. The summed E-state index contributed by atoms with van der Waals surface area (Å²) < 4.78 is 0. The summed E-state index contributed by atoms with van der Waals surface area (Å²) in [7, 11) is 0. The van der Waals surface area contributed by atoms with Crippen LogP contribution in [-0.2, 0) is 0 Å². The van der Waals surface area contributed by atoms with Crippen LogP contribution in [0, 0.1) is 13.8 Å². The zero-order valence-corrected chi connectivity index (χ0v) is 13.3. The lowest BCUT2D eigenvalue weighted by Crippen LogP contribution is -2.52. The van der Waals surface area contributed by atoms with Gasteiger partial charge in [0.25, 0.3) is 0 Å². The maximum Gasteiger partial charge on any atom is 0.123 e. The van der Waals surface area contributed by atoms with E-state index in [2.05, 4.69) is 0 Å². The predicted octanol–water partition coefficient (Wildman–Crippen LogP) is 1.73. The maximum atomic E-state index is 10.6. The van der Waals surface area contributed by atoms with Gasteiger partial charge >= 0.3 is 0 Å². The summed E-state index contributed by atoms with van der Waals surface area (Å²) in [6.45, 7) is 3.34. The Balaban J connectivity index is 2.00. The van der Waals surface area contributed by atoms with Crippen LogP contribution in [0.4, 0.5) is 0 Å². The Bertz CT molecular complexity index is 679. The summed E-state index contributed by atoms with van der Waals surface area (Å²) in [6.07, 6.45) is -2.05. The van der Waals surface area contributed by atoms with Gasteiger partial charge in [0, 0.05) is 35.1 Å². The van der Waals surface area contributed by atoms with E-state index in [-0.39, 0.29) is 23.0 Å². The number of hydrogen-bond acceptors (Lipinski definition) is 6. The van der Waals surface area contributed by atoms with Crippen molar-refractivity contribution >= 4 is 0 Å². The van der Waals surface area contributed by atoms with E-state index >= 15 is 0 Å². The number of hydrogen-bond donors (Lipinski definition) is 6. The average Bonchev–Trinajstić information content (AvgIpc) is 2.46. The molecule has 128 valence electrons. The Morgan fingerprint density at radius 3 is 1.25 bits per heavy atom. The lowest BCUT2D eigenvalue weighted by molar-refractivity contribution is -0.0802. The molecule has 0 spiro atoms. The summed E-state index contributed by atoms with van der Waals surface area (Å²) in [5.41, 5.74) is 1.86. The number of phenols is 4. The number of aliphatic hydroxyl groups is 2. The second-order valence-corrected chi connectivity index (χ2v) is 6.42. The molecular formula is C18H20O6. The van der Waals surface area contributed by atoms with Crippen molar-refractivity contribution in [2.75, 3.05) is 0 Å². The first kappa shape index (κ1) is 16.4.